The maximum Gasteiger partial charge on any atom is 0.175 e. The van der Waals surface area contributed by atoms with E-state index in [1.807, 2.05) is 55.1 Å². The number of nitrogens with two attached hydrogens (primary N) is 1. The summed E-state index contributed by atoms with van der Waals surface area (Å²) in [5.41, 5.74) is 9.28. The number of nitrogen functional groups attached to an aromatic ring is 1. The first kappa shape index (κ1) is 22.1. The third-order valence-corrected chi connectivity index (χ3v) is 6.03. The first-order valence-corrected chi connectivity index (χ1v) is 11.1. The van der Waals surface area contributed by atoms with E-state index in [4.69, 9.17) is 15.5 Å². The first-order valence-electron chi connectivity index (χ1n) is 10.3. The number of nitrogens with zero attached hydrogens (tertiary/aromatic N) is 4. The molecule has 0 aliphatic rings. The lowest BCUT2D eigenvalue weighted by Crippen LogP contribution is -2.34. The monoisotopic (exact) mass is 453 g/mol. The summed E-state index contributed by atoms with van der Waals surface area (Å²) in [4.78, 5) is 17.3. The lowest BCUT2D eigenvalue weighted by molar-refractivity contribution is 0.147. The quantitative estimate of drug-likeness (QED) is 0.305. The summed E-state index contributed by atoms with van der Waals surface area (Å²) in [7, 11) is 1.64. The van der Waals surface area contributed by atoms with E-state index in [1.165, 1.54) is 18.1 Å². The van der Waals surface area contributed by atoms with Crippen LogP contribution in [0, 0.1) is 0 Å². The second-order valence-corrected chi connectivity index (χ2v) is 8.73. The normalized spacial score (nSPS) is 12.5. The van der Waals surface area contributed by atoms with Gasteiger partial charge in [0, 0.05) is 35.4 Å². The number of H-pyrrole nitrogens is 1. The molecule has 3 heterocycles. The highest BCUT2D eigenvalue weighted by molar-refractivity contribution is 7.99. The molecule has 0 saturated carbocycles. The van der Waals surface area contributed by atoms with E-state index in [9.17, 15) is 5.11 Å². The lowest BCUT2D eigenvalue weighted by Gasteiger charge is -2.17. The van der Waals surface area contributed by atoms with Crippen molar-refractivity contribution in [2.45, 2.75) is 42.6 Å². The van der Waals surface area contributed by atoms with Crippen LogP contribution in [0.4, 0.5) is 5.82 Å². The number of nitrogens with one attached hydrogen (secondary N) is 2. The second-order valence-electron chi connectivity index (χ2n) is 7.72. The Bertz CT molecular complexity index is 1190. The number of aromatic amines is 1. The van der Waals surface area contributed by atoms with Crippen LogP contribution in [0.5, 0.6) is 5.75 Å². The molecular weight excluding hydrogens is 426 g/mol. The minimum absolute atomic E-state index is 0.275. The van der Waals surface area contributed by atoms with Crippen LogP contribution in [0.15, 0.2) is 53.0 Å². The average molecular weight is 454 g/mol. The van der Waals surface area contributed by atoms with Crippen LogP contribution in [0.25, 0.3) is 22.3 Å². The van der Waals surface area contributed by atoms with Crippen LogP contribution in [0.2, 0.25) is 0 Å². The molecule has 0 fully saturated rings. The topological polar surface area (TPSA) is 127 Å². The number of fused-ring (bicyclic) bond motifs is 1. The molecule has 5 N–H and O–H groups in total. The molecule has 0 spiro atoms. The number of aliphatic hydroxyl groups is 1. The molecule has 1 atom stereocenters. The van der Waals surface area contributed by atoms with Crippen molar-refractivity contribution in [2.75, 3.05) is 19.4 Å². The van der Waals surface area contributed by atoms with Gasteiger partial charge in [-0.3, -0.25) is 0 Å². The standard InChI is InChI=1S/C22H27N7O2S/c1-13(2)25-10-15(30)11-29-21-19(20(23)26-12-27-21)28-22(29)32-18-8-16(31-3)4-5-17(18)14-6-7-24-9-14/h4-9,12-13,15,24-25,30H,10-11H2,1-3H3,(H2,23,26,27). The number of aromatic nitrogens is 5. The fourth-order valence-corrected chi connectivity index (χ4v) is 4.44. The van der Waals surface area contributed by atoms with Crippen LogP contribution < -0.4 is 15.8 Å². The van der Waals surface area contributed by atoms with E-state index >= 15 is 0 Å². The highest BCUT2D eigenvalue weighted by Crippen LogP contribution is 2.39. The smallest absolute Gasteiger partial charge is 0.175 e. The summed E-state index contributed by atoms with van der Waals surface area (Å²) in [6, 6.07) is 8.21. The number of imidazole rings is 1. The predicted octanol–water partition coefficient (Wildman–Crippen LogP) is 2.92. The van der Waals surface area contributed by atoms with Crippen molar-refractivity contribution < 1.29 is 9.84 Å². The Morgan fingerprint density at radius 3 is 2.84 bits per heavy atom. The average Bonchev–Trinajstić information content (AvgIpc) is 3.42. The van der Waals surface area contributed by atoms with E-state index in [0.29, 0.717) is 35.2 Å². The molecular formula is C22H27N7O2S. The minimum atomic E-state index is -0.625. The molecule has 0 aliphatic heterocycles. The molecule has 0 amide bonds. The van der Waals surface area contributed by atoms with Crippen molar-refractivity contribution in [1.82, 2.24) is 29.8 Å². The van der Waals surface area contributed by atoms with Crippen molar-refractivity contribution in [1.29, 1.82) is 0 Å². The molecule has 32 heavy (non-hydrogen) atoms. The van der Waals surface area contributed by atoms with Crippen molar-refractivity contribution in [3.05, 3.63) is 43.0 Å². The molecule has 1 aromatic carbocycles. The van der Waals surface area contributed by atoms with Crippen molar-refractivity contribution in [3.63, 3.8) is 0 Å². The highest BCUT2D eigenvalue weighted by atomic mass is 32.2. The van der Waals surface area contributed by atoms with E-state index in [0.717, 1.165) is 21.8 Å². The largest absolute Gasteiger partial charge is 0.497 e. The van der Waals surface area contributed by atoms with E-state index in [2.05, 4.69) is 20.3 Å². The summed E-state index contributed by atoms with van der Waals surface area (Å²) < 4.78 is 7.35. The van der Waals surface area contributed by atoms with E-state index in [1.54, 1.807) is 7.11 Å². The first-order chi connectivity index (χ1) is 15.5. The molecule has 3 aromatic heterocycles. The van der Waals surface area contributed by atoms with Gasteiger partial charge in [-0.25, -0.2) is 15.0 Å². The van der Waals surface area contributed by atoms with E-state index in [-0.39, 0.29) is 6.04 Å². The molecule has 9 nitrogen and oxygen atoms in total. The SMILES string of the molecule is COc1ccc(-c2cc[nH]c2)c(Sc2nc3c(N)ncnc3n2CC(O)CNC(C)C)c1. The van der Waals surface area contributed by atoms with Crippen molar-refractivity contribution >= 4 is 28.7 Å². The van der Waals surface area contributed by atoms with Gasteiger partial charge in [0.2, 0.25) is 0 Å². The van der Waals surface area contributed by atoms with Crippen molar-refractivity contribution in [2.24, 2.45) is 0 Å². The zero-order valence-electron chi connectivity index (χ0n) is 18.2. The zero-order valence-corrected chi connectivity index (χ0v) is 19.1. The summed E-state index contributed by atoms with van der Waals surface area (Å²) in [6.45, 7) is 4.86. The number of hydrogen-bond acceptors (Lipinski definition) is 8. The van der Waals surface area contributed by atoms with Gasteiger partial charge in [0.25, 0.3) is 0 Å². The van der Waals surface area contributed by atoms with Crippen LogP contribution in [-0.4, -0.2) is 55.4 Å². The Labute approximate surface area is 190 Å². The Morgan fingerprint density at radius 2 is 2.12 bits per heavy atom. The summed E-state index contributed by atoms with van der Waals surface area (Å²) in [5.74, 6) is 1.05. The van der Waals surface area contributed by atoms with Gasteiger partial charge in [0.15, 0.2) is 22.1 Å². The van der Waals surface area contributed by atoms with Crippen LogP contribution in [0.3, 0.4) is 0 Å². The third kappa shape index (κ3) is 4.72. The Morgan fingerprint density at radius 1 is 1.28 bits per heavy atom. The van der Waals surface area contributed by atoms with Gasteiger partial charge in [0.05, 0.1) is 19.8 Å². The molecule has 0 saturated heterocycles. The van der Waals surface area contributed by atoms with Gasteiger partial charge in [-0.15, -0.1) is 0 Å². The Balaban J connectivity index is 1.75. The molecule has 0 aliphatic carbocycles. The van der Waals surface area contributed by atoms with Gasteiger partial charge >= 0.3 is 0 Å². The molecule has 168 valence electrons. The van der Waals surface area contributed by atoms with Gasteiger partial charge < -0.3 is 30.4 Å². The number of anilines is 1. The van der Waals surface area contributed by atoms with Crippen LogP contribution in [-0.2, 0) is 6.54 Å². The van der Waals surface area contributed by atoms with Crippen LogP contribution >= 0.6 is 11.8 Å². The zero-order chi connectivity index (χ0) is 22.7. The summed E-state index contributed by atoms with van der Waals surface area (Å²) >= 11 is 1.47. The number of methoxy groups -OCH3 is 1. The number of ether oxygens (including phenoxy) is 1. The van der Waals surface area contributed by atoms with Gasteiger partial charge in [0.1, 0.15) is 12.1 Å². The predicted molar refractivity (Wildman–Crippen MR) is 126 cm³/mol. The summed E-state index contributed by atoms with van der Waals surface area (Å²) in [5, 5.41) is 14.6. The molecule has 1 unspecified atom stereocenters. The number of rotatable bonds is 9. The fraction of sp³-hybridized carbons (Fsp3) is 0.318. The van der Waals surface area contributed by atoms with Crippen molar-refractivity contribution in [3.8, 4) is 16.9 Å². The van der Waals surface area contributed by atoms with E-state index < -0.39 is 6.10 Å². The van der Waals surface area contributed by atoms with Gasteiger partial charge in [-0.05, 0) is 29.8 Å². The number of benzene rings is 1. The Hall–Kier alpha value is -3.08. The Kier molecular flexibility index (Phi) is 6.63. The lowest BCUT2D eigenvalue weighted by atomic mass is 10.1. The third-order valence-electron chi connectivity index (χ3n) is 4.98. The minimum Gasteiger partial charge on any atom is -0.497 e. The molecule has 4 aromatic rings. The second kappa shape index (κ2) is 9.60. The summed E-state index contributed by atoms with van der Waals surface area (Å²) in [6.07, 6.45) is 4.62. The molecule has 10 heteroatoms. The molecule has 4 rings (SSSR count). The molecule has 0 bridgehead atoms. The maximum absolute atomic E-state index is 10.7. The van der Waals surface area contributed by atoms with Gasteiger partial charge in [-0.2, -0.15) is 0 Å². The maximum atomic E-state index is 10.7. The fourth-order valence-electron chi connectivity index (χ4n) is 3.37. The molecule has 0 radical (unpaired) electrons. The number of hydrogen-bond donors (Lipinski definition) is 4. The van der Waals surface area contributed by atoms with Crippen LogP contribution in [0.1, 0.15) is 13.8 Å². The highest BCUT2D eigenvalue weighted by Gasteiger charge is 2.20. The number of aliphatic hydroxyl groups excluding tert-OH is 1. The van der Waals surface area contributed by atoms with Gasteiger partial charge in [-0.1, -0.05) is 25.6 Å².